The summed E-state index contributed by atoms with van der Waals surface area (Å²) in [5.41, 5.74) is 5.76. The highest BCUT2D eigenvalue weighted by Crippen LogP contribution is 2.29. The van der Waals surface area contributed by atoms with Crippen molar-refractivity contribution >= 4 is 29.2 Å². The van der Waals surface area contributed by atoms with Crippen LogP contribution in [0, 0.1) is 0 Å². The molecule has 174 valence electrons. The van der Waals surface area contributed by atoms with Crippen molar-refractivity contribution in [2.24, 2.45) is 0 Å². The lowest BCUT2D eigenvalue weighted by molar-refractivity contribution is 0.0661. The quantitative estimate of drug-likeness (QED) is 0.358. The summed E-state index contributed by atoms with van der Waals surface area (Å²) in [4.78, 5) is 22.8. The summed E-state index contributed by atoms with van der Waals surface area (Å²) in [5.74, 6) is 0.0744. The Bertz CT molecular complexity index is 1270. The van der Waals surface area contributed by atoms with Gasteiger partial charge in [-0.2, -0.15) is 0 Å². The number of benzene rings is 3. The fourth-order valence-electron chi connectivity index (χ4n) is 4.70. The van der Waals surface area contributed by atoms with Crippen molar-refractivity contribution in [3.8, 4) is 22.4 Å². The first-order valence-electron chi connectivity index (χ1n) is 11.6. The highest BCUT2D eigenvalue weighted by Gasteiger charge is 2.26. The molecule has 5 heteroatoms. The van der Waals surface area contributed by atoms with Crippen LogP contribution in [-0.4, -0.2) is 53.9 Å². The van der Waals surface area contributed by atoms with Crippen molar-refractivity contribution in [1.29, 1.82) is 0 Å². The van der Waals surface area contributed by atoms with E-state index in [4.69, 9.17) is 4.98 Å². The number of carbonyl (C=O) groups is 1. The van der Waals surface area contributed by atoms with Gasteiger partial charge in [0.05, 0.1) is 16.8 Å². The van der Waals surface area contributed by atoms with E-state index in [0.717, 1.165) is 53.7 Å². The number of para-hydroxylation sites is 1. The van der Waals surface area contributed by atoms with Gasteiger partial charge in [0.1, 0.15) is 0 Å². The van der Waals surface area contributed by atoms with E-state index in [0.29, 0.717) is 0 Å². The smallest absolute Gasteiger partial charge is 0.254 e. The third kappa shape index (κ3) is 4.84. The molecule has 0 spiro atoms. The first kappa shape index (κ1) is 23.9. The second kappa shape index (κ2) is 10.4. The van der Waals surface area contributed by atoms with Crippen LogP contribution in [0.1, 0.15) is 23.2 Å². The number of pyridine rings is 1. The average Bonchev–Trinajstić information content (AvgIpc) is 2.88. The van der Waals surface area contributed by atoms with Crippen LogP contribution in [0.15, 0.2) is 84.9 Å². The molecule has 4 nitrogen and oxygen atoms in total. The van der Waals surface area contributed by atoms with Crippen LogP contribution in [0.5, 0.6) is 0 Å². The van der Waals surface area contributed by atoms with Gasteiger partial charge in [0, 0.05) is 24.0 Å². The van der Waals surface area contributed by atoms with Crippen molar-refractivity contribution < 1.29 is 4.79 Å². The van der Waals surface area contributed by atoms with Crippen LogP contribution in [-0.2, 0) is 0 Å². The molecule has 2 heterocycles. The molecule has 1 aliphatic rings. The summed E-state index contributed by atoms with van der Waals surface area (Å²) < 4.78 is 0. The molecule has 1 aliphatic heterocycles. The number of carbonyl (C=O) groups excluding carboxylic acids is 1. The molecule has 1 amide bonds. The maximum absolute atomic E-state index is 13.6. The van der Waals surface area contributed by atoms with E-state index < -0.39 is 0 Å². The highest BCUT2D eigenvalue weighted by molar-refractivity contribution is 6.07. The lowest BCUT2D eigenvalue weighted by Gasteiger charge is -2.35. The molecule has 1 fully saturated rings. The molecule has 1 aromatic heterocycles. The number of hydrogen-bond donors (Lipinski definition) is 0. The third-order valence-corrected chi connectivity index (χ3v) is 6.79. The Morgan fingerprint density at radius 2 is 1.44 bits per heavy atom. The van der Waals surface area contributed by atoms with Crippen LogP contribution in [0.3, 0.4) is 0 Å². The molecule has 0 atom stereocenters. The van der Waals surface area contributed by atoms with Crippen LogP contribution in [0.2, 0.25) is 0 Å². The SMILES string of the molecule is CN1CCC(N(C)C(=O)c2cc(-c3ccc(-c4ccccc4)cc3)nc3ccccc23)CC1.Cl. The Balaban J connectivity index is 0.00000274. The first-order chi connectivity index (χ1) is 16.1. The van der Waals surface area contributed by atoms with Crippen molar-refractivity contribution in [2.45, 2.75) is 18.9 Å². The van der Waals surface area contributed by atoms with Gasteiger partial charge in [0.25, 0.3) is 5.91 Å². The largest absolute Gasteiger partial charge is 0.339 e. The van der Waals surface area contributed by atoms with Crippen molar-refractivity contribution in [2.75, 3.05) is 27.2 Å². The molecule has 34 heavy (non-hydrogen) atoms. The number of halogens is 1. The minimum Gasteiger partial charge on any atom is -0.339 e. The van der Waals surface area contributed by atoms with E-state index >= 15 is 0 Å². The lowest BCUT2D eigenvalue weighted by atomic mass is 9.99. The number of piperidine rings is 1. The predicted molar refractivity (Wildman–Crippen MR) is 142 cm³/mol. The Morgan fingerprint density at radius 1 is 0.853 bits per heavy atom. The monoisotopic (exact) mass is 471 g/mol. The van der Waals surface area contributed by atoms with E-state index in [-0.39, 0.29) is 24.4 Å². The van der Waals surface area contributed by atoms with E-state index in [2.05, 4.69) is 48.3 Å². The van der Waals surface area contributed by atoms with Crippen molar-refractivity contribution in [1.82, 2.24) is 14.8 Å². The third-order valence-electron chi connectivity index (χ3n) is 6.79. The van der Waals surface area contributed by atoms with Crippen LogP contribution in [0.25, 0.3) is 33.3 Å². The van der Waals surface area contributed by atoms with Gasteiger partial charge in [-0.1, -0.05) is 72.8 Å². The molecule has 0 unspecified atom stereocenters. The zero-order valence-corrected chi connectivity index (χ0v) is 20.5. The molecule has 0 saturated carbocycles. The Kier molecular flexibility index (Phi) is 7.30. The predicted octanol–water partition coefficient (Wildman–Crippen LogP) is 6.16. The van der Waals surface area contributed by atoms with E-state index in [9.17, 15) is 4.79 Å². The minimum atomic E-state index is 0. The van der Waals surface area contributed by atoms with Crippen LogP contribution < -0.4 is 0 Å². The normalized spacial score (nSPS) is 14.5. The van der Waals surface area contributed by atoms with Crippen LogP contribution in [0.4, 0.5) is 0 Å². The number of hydrogen-bond acceptors (Lipinski definition) is 3. The number of likely N-dealkylation sites (tertiary alicyclic amines) is 1. The maximum atomic E-state index is 13.6. The molecule has 4 aromatic rings. The maximum Gasteiger partial charge on any atom is 0.254 e. The number of fused-ring (bicyclic) bond motifs is 1. The number of nitrogens with zero attached hydrogens (tertiary/aromatic N) is 3. The molecule has 1 saturated heterocycles. The second-order valence-electron chi connectivity index (χ2n) is 8.97. The topological polar surface area (TPSA) is 36.4 Å². The molecule has 0 radical (unpaired) electrons. The second-order valence-corrected chi connectivity index (χ2v) is 8.97. The Hall–Kier alpha value is -3.21. The van der Waals surface area contributed by atoms with Crippen LogP contribution >= 0.6 is 12.4 Å². The zero-order chi connectivity index (χ0) is 22.8. The lowest BCUT2D eigenvalue weighted by Crippen LogP contribution is -2.44. The molecule has 0 bridgehead atoms. The van der Waals surface area contributed by atoms with E-state index in [1.165, 1.54) is 11.1 Å². The summed E-state index contributed by atoms with van der Waals surface area (Å²) >= 11 is 0. The fraction of sp³-hybridized carbons (Fsp3) is 0.241. The van der Waals surface area contributed by atoms with Gasteiger partial charge in [-0.05, 0) is 56.2 Å². The summed E-state index contributed by atoms with van der Waals surface area (Å²) in [6.07, 6.45) is 2.02. The Morgan fingerprint density at radius 3 is 2.15 bits per heavy atom. The molecule has 5 rings (SSSR count). The van der Waals surface area contributed by atoms with Gasteiger partial charge in [-0.15, -0.1) is 12.4 Å². The summed E-state index contributed by atoms with van der Waals surface area (Å²) in [6, 6.07) is 28.9. The summed E-state index contributed by atoms with van der Waals surface area (Å²) in [6.45, 7) is 2.05. The van der Waals surface area contributed by atoms with E-state index in [1.54, 1.807) is 0 Å². The molecule has 0 aliphatic carbocycles. The first-order valence-corrected chi connectivity index (χ1v) is 11.6. The van der Waals surface area contributed by atoms with Gasteiger partial charge in [0.15, 0.2) is 0 Å². The van der Waals surface area contributed by atoms with Gasteiger partial charge in [-0.3, -0.25) is 4.79 Å². The molecular formula is C29H30ClN3O. The van der Waals surface area contributed by atoms with Crippen molar-refractivity contribution in [3.05, 3.63) is 90.5 Å². The van der Waals surface area contributed by atoms with Gasteiger partial charge in [0.2, 0.25) is 0 Å². The van der Waals surface area contributed by atoms with E-state index in [1.807, 2.05) is 60.5 Å². The van der Waals surface area contributed by atoms with Crippen molar-refractivity contribution in [3.63, 3.8) is 0 Å². The minimum absolute atomic E-state index is 0. The number of rotatable bonds is 4. The highest BCUT2D eigenvalue weighted by atomic mass is 35.5. The number of amides is 1. The average molecular weight is 472 g/mol. The molecular weight excluding hydrogens is 442 g/mol. The Labute approximate surface area is 207 Å². The zero-order valence-electron chi connectivity index (χ0n) is 19.6. The fourth-order valence-corrected chi connectivity index (χ4v) is 4.70. The van der Waals surface area contributed by atoms with Gasteiger partial charge in [-0.25, -0.2) is 4.98 Å². The number of aromatic nitrogens is 1. The van der Waals surface area contributed by atoms with Gasteiger partial charge >= 0.3 is 0 Å². The molecule has 0 N–H and O–H groups in total. The molecule has 3 aromatic carbocycles. The standard InChI is InChI=1S/C29H29N3O.ClH/c1-31-18-16-24(17-19-31)32(2)29(33)26-20-28(30-27-11-7-6-10-25(26)27)23-14-12-22(13-15-23)21-8-4-3-5-9-21;/h3-15,20,24H,16-19H2,1-2H3;1H. The van der Waals surface area contributed by atoms with Gasteiger partial charge < -0.3 is 9.80 Å². The summed E-state index contributed by atoms with van der Waals surface area (Å²) in [7, 11) is 4.09. The summed E-state index contributed by atoms with van der Waals surface area (Å²) in [5, 5.41) is 0.909.